The van der Waals surface area contributed by atoms with E-state index in [4.69, 9.17) is 10.00 Å². The zero-order chi connectivity index (χ0) is 11.4. The fraction of sp³-hybridized carbons (Fsp3) is 0.333. The molecule has 0 aromatic heterocycles. The number of aryl methyl sites for hydroxylation is 2. The molecule has 3 nitrogen and oxygen atoms in total. The normalized spacial score (nSPS) is 9.47. The molecule has 0 fully saturated rings. The lowest BCUT2D eigenvalue weighted by atomic mass is 10.0. The molecule has 0 aliphatic rings. The molecule has 0 aliphatic heterocycles. The number of nitrogens with zero attached hydrogens (tertiary/aromatic N) is 1. The Bertz CT molecular complexity index is 430. The van der Waals surface area contributed by atoms with Crippen molar-refractivity contribution in [1.82, 2.24) is 0 Å². The van der Waals surface area contributed by atoms with Crippen LogP contribution in [0.15, 0.2) is 12.1 Å². The molecular formula is C12H13NO2. The molecule has 0 bridgehead atoms. The highest BCUT2D eigenvalue weighted by Crippen LogP contribution is 2.23. The smallest absolute Gasteiger partial charge is 0.174 e. The van der Waals surface area contributed by atoms with Gasteiger partial charge in [-0.2, -0.15) is 5.26 Å². The van der Waals surface area contributed by atoms with Gasteiger partial charge in [-0.3, -0.25) is 4.79 Å². The molecule has 15 heavy (non-hydrogen) atoms. The third kappa shape index (κ3) is 2.57. The fourth-order valence-corrected chi connectivity index (χ4v) is 1.29. The van der Waals surface area contributed by atoms with E-state index >= 15 is 0 Å². The number of ketones is 1. The van der Waals surface area contributed by atoms with Gasteiger partial charge in [0.05, 0.1) is 5.56 Å². The average Bonchev–Trinajstić information content (AvgIpc) is 2.19. The third-order valence-corrected chi connectivity index (χ3v) is 2.27. The van der Waals surface area contributed by atoms with E-state index in [0.717, 1.165) is 11.1 Å². The molecule has 0 spiro atoms. The van der Waals surface area contributed by atoms with E-state index in [1.165, 1.54) is 6.92 Å². The highest BCUT2D eigenvalue weighted by atomic mass is 16.5. The Kier molecular flexibility index (Phi) is 3.46. The second kappa shape index (κ2) is 4.61. The van der Waals surface area contributed by atoms with Gasteiger partial charge in [-0.05, 0) is 44.0 Å². The summed E-state index contributed by atoms with van der Waals surface area (Å²) >= 11 is 0. The maximum absolute atomic E-state index is 11.3. The van der Waals surface area contributed by atoms with Crippen LogP contribution in [0.25, 0.3) is 0 Å². The van der Waals surface area contributed by atoms with Crippen molar-refractivity contribution in [2.45, 2.75) is 20.8 Å². The molecule has 0 saturated heterocycles. The van der Waals surface area contributed by atoms with E-state index in [-0.39, 0.29) is 12.4 Å². The predicted octanol–water partition coefficient (Wildman–Crippen LogP) is 2.41. The number of carbonyl (C=O) groups excluding carboxylic acids is 1. The van der Waals surface area contributed by atoms with Crippen molar-refractivity contribution < 1.29 is 9.53 Å². The number of hydrogen-bond donors (Lipinski definition) is 0. The van der Waals surface area contributed by atoms with Gasteiger partial charge >= 0.3 is 0 Å². The number of hydrogen-bond acceptors (Lipinski definition) is 3. The van der Waals surface area contributed by atoms with Gasteiger partial charge in [0.2, 0.25) is 0 Å². The molecular weight excluding hydrogens is 190 g/mol. The zero-order valence-electron chi connectivity index (χ0n) is 9.13. The van der Waals surface area contributed by atoms with Gasteiger partial charge in [0.15, 0.2) is 12.4 Å². The lowest BCUT2D eigenvalue weighted by Gasteiger charge is -2.10. The summed E-state index contributed by atoms with van der Waals surface area (Å²) in [6.07, 6.45) is 0. The van der Waals surface area contributed by atoms with Crippen molar-refractivity contribution in [3.63, 3.8) is 0 Å². The van der Waals surface area contributed by atoms with Crippen molar-refractivity contribution in [2.24, 2.45) is 0 Å². The van der Waals surface area contributed by atoms with Gasteiger partial charge in [0.25, 0.3) is 0 Å². The highest BCUT2D eigenvalue weighted by Gasteiger charge is 2.10. The topological polar surface area (TPSA) is 50.1 Å². The van der Waals surface area contributed by atoms with Crippen molar-refractivity contribution in [3.05, 3.63) is 28.8 Å². The Morgan fingerprint density at radius 2 is 2.00 bits per heavy atom. The van der Waals surface area contributed by atoms with Crippen LogP contribution in [0.5, 0.6) is 5.75 Å². The second-order valence-corrected chi connectivity index (χ2v) is 3.44. The van der Waals surface area contributed by atoms with Gasteiger partial charge in [-0.15, -0.1) is 0 Å². The van der Waals surface area contributed by atoms with Gasteiger partial charge < -0.3 is 4.74 Å². The Labute approximate surface area is 89.3 Å². The largest absolute Gasteiger partial charge is 0.478 e. The fourth-order valence-electron chi connectivity index (χ4n) is 1.29. The van der Waals surface area contributed by atoms with Crippen LogP contribution in [-0.2, 0) is 0 Å². The summed E-state index contributed by atoms with van der Waals surface area (Å²) in [7, 11) is 0. The second-order valence-electron chi connectivity index (χ2n) is 3.44. The summed E-state index contributed by atoms with van der Waals surface area (Å²) in [4.78, 5) is 11.3. The number of nitriles is 1. The number of benzene rings is 1. The lowest BCUT2D eigenvalue weighted by molar-refractivity contribution is 0.101. The quantitative estimate of drug-likeness (QED) is 0.709. The minimum Gasteiger partial charge on any atom is -0.478 e. The van der Waals surface area contributed by atoms with Gasteiger partial charge in [0.1, 0.15) is 11.8 Å². The van der Waals surface area contributed by atoms with Crippen LogP contribution >= 0.6 is 0 Å². The summed E-state index contributed by atoms with van der Waals surface area (Å²) in [5, 5.41) is 8.42. The van der Waals surface area contributed by atoms with E-state index in [1.807, 2.05) is 19.9 Å². The molecule has 0 N–H and O–H groups in total. The molecule has 1 rings (SSSR count). The Hall–Kier alpha value is -1.82. The first kappa shape index (κ1) is 11.3. The van der Waals surface area contributed by atoms with Crippen LogP contribution < -0.4 is 4.74 Å². The predicted molar refractivity (Wildman–Crippen MR) is 57.0 cm³/mol. The molecule has 3 heteroatoms. The Morgan fingerprint density at radius 1 is 1.40 bits per heavy atom. The molecule has 78 valence electrons. The summed E-state index contributed by atoms with van der Waals surface area (Å²) < 4.78 is 5.20. The first-order valence-corrected chi connectivity index (χ1v) is 4.68. The van der Waals surface area contributed by atoms with Crippen molar-refractivity contribution in [1.29, 1.82) is 5.26 Å². The van der Waals surface area contributed by atoms with Gasteiger partial charge in [0, 0.05) is 0 Å². The van der Waals surface area contributed by atoms with Crippen molar-refractivity contribution in [2.75, 3.05) is 6.61 Å². The average molecular weight is 203 g/mol. The minimum absolute atomic E-state index is 0.0389. The van der Waals surface area contributed by atoms with Crippen molar-refractivity contribution >= 4 is 5.78 Å². The summed E-state index contributed by atoms with van der Waals surface area (Å²) in [6.45, 7) is 5.33. The van der Waals surface area contributed by atoms with Gasteiger partial charge in [-0.1, -0.05) is 0 Å². The molecule has 0 saturated carbocycles. The molecule has 0 radical (unpaired) electrons. The summed E-state index contributed by atoms with van der Waals surface area (Å²) in [5.41, 5.74) is 2.63. The Morgan fingerprint density at radius 3 is 2.53 bits per heavy atom. The van der Waals surface area contributed by atoms with Crippen LogP contribution in [-0.4, -0.2) is 12.4 Å². The molecule has 0 amide bonds. The van der Waals surface area contributed by atoms with E-state index in [0.29, 0.717) is 11.3 Å². The first-order valence-electron chi connectivity index (χ1n) is 4.68. The summed E-state index contributed by atoms with van der Waals surface area (Å²) in [6, 6.07) is 5.47. The molecule has 0 heterocycles. The van der Waals surface area contributed by atoms with Crippen molar-refractivity contribution in [3.8, 4) is 11.8 Å². The molecule has 1 aromatic carbocycles. The number of Topliss-reactive ketones (excluding diaryl/α,β-unsaturated/α-hetero) is 1. The highest BCUT2D eigenvalue weighted by molar-refractivity contribution is 5.97. The minimum atomic E-state index is -0.0500. The van der Waals surface area contributed by atoms with Crippen LogP contribution in [0.2, 0.25) is 0 Å². The van der Waals surface area contributed by atoms with E-state index < -0.39 is 0 Å². The maximum atomic E-state index is 11.3. The molecule has 0 atom stereocenters. The lowest BCUT2D eigenvalue weighted by Crippen LogP contribution is -2.03. The molecule has 0 aliphatic carbocycles. The van der Waals surface area contributed by atoms with Crippen LogP contribution in [0.3, 0.4) is 0 Å². The maximum Gasteiger partial charge on any atom is 0.174 e. The number of ether oxygens (including phenoxy) is 1. The van der Waals surface area contributed by atoms with E-state index in [2.05, 4.69) is 0 Å². The van der Waals surface area contributed by atoms with Crippen LogP contribution in [0.4, 0.5) is 0 Å². The molecule has 0 unspecified atom stereocenters. The van der Waals surface area contributed by atoms with E-state index in [1.54, 1.807) is 12.1 Å². The summed E-state index contributed by atoms with van der Waals surface area (Å²) in [5.74, 6) is 0.443. The Balaban J connectivity index is 3.17. The number of carbonyl (C=O) groups is 1. The van der Waals surface area contributed by atoms with Crippen LogP contribution in [0.1, 0.15) is 28.4 Å². The van der Waals surface area contributed by atoms with Crippen LogP contribution in [0, 0.1) is 25.2 Å². The first-order chi connectivity index (χ1) is 7.06. The zero-order valence-corrected chi connectivity index (χ0v) is 9.13. The third-order valence-electron chi connectivity index (χ3n) is 2.27. The standard InChI is InChI=1S/C12H13NO2/c1-8-6-11(10(3)14)12(7-9(8)2)15-5-4-13/h6-7H,5H2,1-3H3. The number of rotatable bonds is 3. The van der Waals surface area contributed by atoms with Gasteiger partial charge in [-0.25, -0.2) is 0 Å². The monoisotopic (exact) mass is 203 g/mol. The van der Waals surface area contributed by atoms with E-state index in [9.17, 15) is 4.79 Å². The molecule has 1 aromatic rings. The SMILES string of the molecule is CC(=O)c1cc(C)c(C)cc1OCC#N.